The average Bonchev–Trinajstić information content (AvgIpc) is 2.82. The highest BCUT2D eigenvalue weighted by Crippen LogP contribution is 2.34. The highest BCUT2D eigenvalue weighted by molar-refractivity contribution is 7.99. The van der Waals surface area contributed by atoms with Crippen LogP contribution >= 0.6 is 11.8 Å². The van der Waals surface area contributed by atoms with Crippen molar-refractivity contribution >= 4 is 33.4 Å². The van der Waals surface area contributed by atoms with Gasteiger partial charge < -0.3 is 5.32 Å². The van der Waals surface area contributed by atoms with E-state index in [0.29, 0.717) is 31.5 Å². The molecule has 0 spiro atoms. The molecule has 8 heteroatoms. The first-order chi connectivity index (χ1) is 15.9. The number of amides is 1. The number of anilines is 1. The third-order valence-corrected chi connectivity index (χ3v) is 8.53. The van der Waals surface area contributed by atoms with Gasteiger partial charge in [-0.15, -0.1) is 0 Å². The Bertz CT molecular complexity index is 1190. The van der Waals surface area contributed by atoms with Crippen LogP contribution < -0.4 is 5.32 Å². The molecule has 0 saturated carbocycles. The topological polar surface area (TPSA) is 66.5 Å². The highest BCUT2D eigenvalue weighted by Gasteiger charge is 2.31. The van der Waals surface area contributed by atoms with Gasteiger partial charge in [0.15, 0.2) is 0 Å². The van der Waals surface area contributed by atoms with Crippen LogP contribution in [0, 0.1) is 11.7 Å². The van der Waals surface area contributed by atoms with Gasteiger partial charge in [-0.05, 0) is 54.8 Å². The summed E-state index contributed by atoms with van der Waals surface area (Å²) in [4.78, 5) is 15.0. The molecule has 172 valence electrons. The van der Waals surface area contributed by atoms with Crippen LogP contribution in [0.5, 0.6) is 0 Å². The lowest BCUT2D eigenvalue weighted by Crippen LogP contribution is -2.41. The number of carbonyl (C=O) groups excluding carboxylic acids is 1. The smallest absolute Gasteiger partial charge is 0.227 e. The van der Waals surface area contributed by atoms with Crippen molar-refractivity contribution in [3.63, 3.8) is 0 Å². The standard InChI is InChI=1S/C25H25FN2O3S2/c26-21-12-10-19(11-13-21)18-33(30,31)28-16-14-20(15-17-28)25(29)27-23-8-4-5-9-24(23)32-22-6-2-1-3-7-22/h1-13,20H,14-18H2,(H,27,29). The summed E-state index contributed by atoms with van der Waals surface area (Å²) in [7, 11) is -3.52. The molecule has 0 aromatic heterocycles. The minimum absolute atomic E-state index is 0.0910. The van der Waals surface area contributed by atoms with E-state index >= 15 is 0 Å². The Morgan fingerprint density at radius 2 is 1.58 bits per heavy atom. The summed E-state index contributed by atoms with van der Waals surface area (Å²) >= 11 is 1.58. The largest absolute Gasteiger partial charge is 0.325 e. The molecule has 1 fully saturated rings. The monoisotopic (exact) mass is 484 g/mol. The lowest BCUT2D eigenvalue weighted by atomic mass is 9.97. The third kappa shape index (κ3) is 6.22. The zero-order valence-corrected chi connectivity index (χ0v) is 19.6. The summed E-state index contributed by atoms with van der Waals surface area (Å²) in [6.07, 6.45) is 0.922. The molecule has 5 nitrogen and oxygen atoms in total. The SMILES string of the molecule is O=C(Nc1ccccc1Sc1ccccc1)C1CCN(S(=O)(=O)Cc2ccc(F)cc2)CC1. The molecule has 0 atom stereocenters. The number of halogens is 1. The second-order valence-electron chi connectivity index (χ2n) is 7.96. The van der Waals surface area contributed by atoms with E-state index in [1.54, 1.807) is 11.8 Å². The highest BCUT2D eigenvalue weighted by atomic mass is 32.2. The maximum atomic E-state index is 13.1. The number of carbonyl (C=O) groups is 1. The molecule has 3 aromatic carbocycles. The van der Waals surface area contributed by atoms with E-state index in [1.807, 2.05) is 54.6 Å². The Hall–Kier alpha value is -2.68. The Balaban J connectivity index is 1.35. The molecule has 0 aliphatic carbocycles. The van der Waals surface area contributed by atoms with Gasteiger partial charge in [0, 0.05) is 28.8 Å². The van der Waals surface area contributed by atoms with Crippen LogP contribution in [0.4, 0.5) is 10.1 Å². The van der Waals surface area contributed by atoms with E-state index in [1.165, 1.54) is 28.6 Å². The lowest BCUT2D eigenvalue weighted by Gasteiger charge is -2.30. The van der Waals surface area contributed by atoms with Gasteiger partial charge >= 0.3 is 0 Å². The van der Waals surface area contributed by atoms with Crippen molar-refractivity contribution in [2.75, 3.05) is 18.4 Å². The fraction of sp³-hybridized carbons (Fsp3) is 0.240. The van der Waals surface area contributed by atoms with Crippen LogP contribution in [-0.4, -0.2) is 31.7 Å². The van der Waals surface area contributed by atoms with Gasteiger partial charge in [0.05, 0.1) is 11.4 Å². The van der Waals surface area contributed by atoms with Gasteiger partial charge in [-0.25, -0.2) is 17.1 Å². The fourth-order valence-corrected chi connectivity index (χ4v) is 6.27. The van der Waals surface area contributed by atoms with Crippen molar-refractivity contribution in [2.24, 2.45) is 5.92 Å². The minimum Gasteiger partial charge on any atom is -0.325 e. The van der Waals surface area contributed by atoms with Gasteiger partial charge in [-0.1, -0.05) is 54.2 Å². The van der Waals surface area contributed by atoms with Crippen molar-refractivity contribution in [1.29, 1.82) is 0 Å². The Labute approximate surface area is 198 Å². The zero-order chi connectivity index (χ0) is 23.3. The van der Waals surface area contributed by atoms with Crippen molar-refractivity contribution in [2.45, 2.75) is 28.4 Å². The van der Waals surface area contributed by atoms with Crippen LogP contribution in [0.15, 0.2) is 88.7 Å². The molecule has 1 aliphatic heterocycles. The molecule has 33 heavy (non-hydrogen) atoms. The van der Waals surface area contributed by atoms with Crippen LogP contribution in [0.25, 0.3) is 0 Å². The molecule has 1 N–H and O–H groups in total. The summed E-state index contributed by atoms with van der Waals surface area (Å²) in [5, 5.41) is 3.04. The summed E-state index contributed by atoms with van der Waals surface area (Å²) < 4.78 is 40.0. The number of sulfonamides is 1. The van der Waals surface area contributed by atoms with Crippen molar-refractivity contribution in [3.05, 3.63) is 90.2 Å². The number of hydrogen-bond acceptors (Lipinski definition) is 4. The molecular weight excluding hydrogens is 459 g/mol. The normalized spacial score (nSPS) is 15.3. The predicted molar refractivity (Wildman–Crippen MR) is 129 cm³/mol. The number of benzene rings is 3. The maximum absolute atomic E-state index is 13.1. The second kappa shape index (κ2) is 10.5. The Kier molecular flexibility index (Phi) is 7.47. The van der Waals surface area contributed by atoms with Gasteiger partial charge in [-0.3, -0.25) is 4.79 Å². The number of rotatable bonds is 7. The van der Waals surface area contributed by atoms with E-state index in [4.69, 9.17) is 0 Å². The Morgan fingerprint density at radius 1 is 0.939 bits per heavy atom. The summed E-state index contributed by atoms with van der Waals surface area (Å²) in [6.45, 7) is 0.587. The summed E-state index contributed by atoms with van der Waals surface area (Å²) in [5.74, 6) is -0.913. The van der Waals surface area contributed by atoms with Gasteiger partial charge in [0.1, 0.15) is 5.82 Å². The summed E-state index contributed by atoms with van der Waals surface area (Å²) in [5.41, 5.74) is 1.30. The number of hydrogen-bond donors (Lipinski definition) is 1. The number of para-hydroxylation sites is 1. The van der Waals surface area contributed by atoms with Crippen LogP contribution in [0.1, 0.15) is 18.4 Å². The van der Waals surface area contributed by atoms with Gasteiger partial charge in [0.25, 0.3) is 0 Å². The predicted octanol–water partition coefficient (Wildman–Crippen LogP) is 5.16. The first kappa shape index (κ1) is 23.5. The van der Waals surface area contributed by atoms with Gasteiger partial charge in [-0.2, -0.15) is 0 Å². The quantitative estimate of drug-likeness (QED) is 0.503. The lowest BCUT2D eigenvalue weighted by molar-refractivity contribution is -0.120. The van der Waals surface area contributed by atoms with E-state index in [9.17, 15) is 17.6 Å². The molecule has 0 bridgehead atoms. The van der Waals surface area contributed by atoms with E-state index in [-0.39, 0.29) is 17.6 Å². The van der Waals surface area contributed by atoms with Crippen molar-refractivity contribution < 1.29 is 17.6 Å². The molecule has 1 saturated heterocycles. The average molecular weight is 485 g/mol. The van der Waals surface area contributed by atoms with E-state index in [0.717, 1.165) is 15.5 Å². The number of nitrogens with one attached hydrogen (secondary N) is 1. The van der Waals surface area contributed by atoms with E-state index < -0.39 is 15.8 Å². The van der Waals surface area contributed by atoms with Crippen molar-refractivity contribution in [1.82, 2.24) is 4.31 Å². The first-order valence-electron chi connectivity index (χ1n) is 10.8. The van der Waals surface area contributed by atoms with Crippen LogP contribution in [0.3, 0.4) is 0 Å². The molecule has 1 aliphatic rings. The molecule has 4 rings (SSSR count). The molecule has 1 amide bonds. The molecule has 0 unspecified atom stereocenters. The minimum atomic E-state index is -3.52. The third-order valence-electron chi connectivity index (χ3n) is 5.60. The van der Waals surface area contributed by atoms with Gasteiger partial charge in [0.2, 0.25) is 15.9 Å². The molecular formula is C25H25FN2O3S2. The number of nitrogens with zero attached hydrogens (tertiary/aromatic N) is 1. The Morgan fingerprint density at radius 3 is 2.27 bits per heavy atom. The second-order valence-corrected chi connectivity index (χ2v) is 11.0. The molecule has 1 heterocycles. The summed E-state index contributed by atoms with van der Waals surface area (Å²) in [6, 6.07) is 23.1. The first-order valence-corrected chi connectivity index (χ1v) is 13.2. The zero-order valence-electron chi connectivity index (χ0n) is 18.0. The van der Waals surface area contributed by atoms with Crippen LogP contribution in [-0.2, 0) is 20.6 Å². The van der Waals surface area contributed by atoms with Crippen LogP contribution in [0.2, 0.25) is 0 Å². The fourth-order valence-electron chi connectivity index (χ4n) is 3.79. The maximum Gasteiger partial charge on any atom is 0.227 e. The molecule has 3 aromatic rings. The molecule has 0 radical (unpaired) electrons. The van der Waals surface area contributed by atoms with E-state index in [2.05, 4.69) is 5.32 Å². The van der Waals surface area contributed by atoms with Crippen molar-refractivity contribution in [3.8, 4) is 0 Å². The number of piperidine rings is 1.